The zero-order valence-electron chi connectivity index (χ0n) is 16.1. The Bertz CT molecular complexity index is 1130. The lowest BCUT2D eigenvalue weighted by molar-refractivity contribution is 0.1000. The number of ketones is 1. The minimum atomic E-state index is -0.610. The van der Waals surface area contributed by atoms with Gasteiger partial charge >= 0.3 is 6.09 Å². The molecule has 0 unspecified atom stereocenters. The lowest BCUT2D eigenvalue weighted by Crippen LogP contribution is -2.21. The van der Waals surface area contributed by atoms with Crippen molar-refractivity contribution < 1.29 is 19.1 Å². The van der Waals surface area contributed by atoms with Gasteiger partial charge in [-0.25, -0.2) is 9.78 Å². The molecule has 0 bridgehead atoms. The SMILES string of the molecule is COCCOC(=O)Nc1nc2ccc(C3=NCC(=O)c4cccc(C)c43)cc2[nH]1. The van der Waals surface area contributed by atoms with Crippen LogP contribution in [0.2, 0.25) is 0 Å². The van der Waals surface area contributed by atoms with Crippen molar-refractivity contribution in [3.8, 4) is 0 Å². The number of aromatic nitrogens is 2. The summed E-state index contributed by atoms with van der Waals surface area (Å²) in [4.78, 5) is 36.0. The van der Waals surface area contributed by atoms with Crippen LogP contribution in [0.4, 0.5) is 10.7 Å². The third kappa shape index (κ3) is 3.74. The highest BCUT2D eigenvalue weighted by Gasteiger charge is 2.23. The molecule has 0 atom stereocenters. The Morgan fingerprint density at radius 1 is 1.24 bits per heavy atom. The third-order valence-corrected chi connectivity index (χ3v) is 4.69. The number of Topliss-reactive ketones (excluding diaryl/α,β-unsaturated/α-hetero) is 1. The van der Waals surface area contributed by atoms with Gasteiger partial charge in [0.15, 0.2) is 5.78 Å². The maximum absolute atomic E-state index is 12.2. The van der Waals surface area contributed by atoms with Crippen molar-refractivity contribution >= 4 is 34.6 Å². The number of anilines is 1. The van der Waals surface area contributed by atoms with Crippen LogP contribution in [0.15, 0.2) is 41.4 Å². The summed E-state index contributed by atoms with van der Waals surface area (Å²) in [7, 11) is 1.53. The van der Waals surface area contributed by atoms with Crippen molar-refractivity contribution in [3.05, 3.63) is 58.7 Å². The van der Waals surface area contributed by atoms with Gasteiger partial charge in [-0.15, -0.1) is 0 Å². The number of nitrogens with one attached hydrogen (secondary N) is 2. The molecule has 8 heteroatoms. The number of hydrogen-bond acceptors (Lipinski definition) is 6. The summed E-state index contributed by atoms with van der Waals surface area (Å²) in [6.07, 6.45) is -0.610. The largest absolute Gasteiger partial charge is 0.447 e. The number of carbonyl (C=O) groups is 2. The highest BCUT2D eigenvalue weighted by molar-refractivity contribution is 6.23. The van der Waals surface area contributed by atoms with Crippen molar-refractivity contribution in [2.75, 3.05) is 32.2 Å². The number of hydrogen-bond donors (Lipinski definition) is 2. The van der Waals surface area contributed by atoms with E-state index in [1.165, 1.54) is 7.11 Å². The molecule has 4 rings (SSSR count). The number of rotatable bonds is 5. The number of aliphatic imine (C=N–C) groups is 1. The van der Waals surface area contributed by atoms with Gasteiger partial charge in [0.25, 0.3) is 0 Å². The predicted molar refractivity (Wildman–Crippen MR) is 109 cm³/mol. The zero-order valence-corrected chi connectivity index (χ0v) is 16.1. The van der Waals surface area contributed by atoms with E-state index in [0.29, 0.717) is 17.7 Å². The molecule has 0 fully saturated rings. The Morgan fingerprint density at radius 2 is 2.10 bits per heavy atom. The Morgan fingerprint density at radius 3 is 2.93 bits per heavy atom. The molecule has 0 saturated heterocycles. The Hall–Kier alpha value is -3.52. The lowest BCUT2D eigenvalue weighted by Gasteiger charge is -2.18. The minimum absolute atomic E-state index is 0.0218. The molecule has 1 aromatic heterocycles. The molecule has 2 heterocycles. The van der Waals surface area contributed by atoms with E-state index >= 15 is 0 Å². The summed E-state index contributed by atoms with van der Waals surface area (Å²) in [5.74, 6) is 0.311. The number of imidazole rings is 1. The van der Waals surface area contributed by atoms with E-state index in [1.807, 2.05) is 43.3 Å². The second-order valence-electron chi connectivity index (χ2n) is 6.66. The fourth-order valence-corrected chi connectivity index (χ4v) is 3.33. The first-order chi connectivity index (χ1) is 14.1. The number of H-pyrrole nitrogens is 1. The molecule has 2 aromatic carbocycles. The summed E-state index contributed by atoms with van der Waals surface area (Å²) < 4.78 is 9.82. The van der Waals surface area contributed by atoms with Crippen molar-refractivity contribution in [3.63, 3.8) is 0 Å². The number of methoxy groups -OCH3 is 1. The van der Waals surface area contributed by atoms with E-state index in [2.05, 4.69) is 20.3 Å². The van der Waals surface area contributed by atoms with Gasteiger partial charge in [0, 0.05) is 23.8 Å². The topological polar surface area (TPSA) is 106 Å². The van der Waals surface area contributed by atoms with Crippen LogP contribution in [0.1, 0.15) is 27.0 Å². The molecule has 148 valence electrons. The van der Waals surface area contributed by atoms with Gasteiger partial charge in [-0.05, 0) is 24.6 Å². The van der Waals surface area contributed by atoms with E-state index < -0.39 is 6.09 Å². The average Bonchev–Trinajstić information content (AvgIpc) is 3.10. The van der Waals surface area contributed by atoms with Gasteiger partial charge in [-0.1, -0.05) is 24.3 Å². The van der Waals surface area contributed by atoms with E-state index in [0.717, 1.165) is 27.9 Å². The lowest BCUT2D eigenvalue weighted by atomic mass is 9.89. The summed E-state index contributed by atoms with van der Waals surface area (Å²) >= 11 is 0. The quantitative estimate of drug-likeness (QED) is 0.649. The molecule has 3 aromatic rings. The number of ether oxygens (including phenoxy) is 2. The number of aromatic amines is 1. The van der Waals surface area contributed by atoms with Crippen LogP contribution in [0.3, 0.4) is 0 Å². The fraction of sp³-hybridized carbons (Fsp3) is 0.238. The monoisotopic (exact) mass is 392 g/mol. The molecular weight excluding hydrogens is 372 g/mol. The highest BCUT2D eigenvalue weighted by Crippen LogP contribution is 2.25. The second kappa shape index (κ2) is 7.84. The second-order valence-corrected chi connectivity index (χ2v) is 6.66. The van der Waals surface area contributed by atoms with Crippen LogP contribution in [0, 0.1) is 6.92 Å². The number of carbonyl (C=O) groups excluding carboxylic acids is 2. The highest BCUT2D eigenvalue weighted by atomic mass is 16.6. The molecule has 29 heavy (non-hydrogen) atoms. The molecule has 1 aliphatic heterocycles. The van der Waals surface area contributed by atoms with E-state index in [1.54, 1.807) is 0 Å². The van der Waals surface area contributed by atoms with E-state index in [-0.39, 0.29) is 24.9 Å². The van der Waals surface area contributed by atoms with Crippen LogP contribution in [0.25, 0.3) is 11.0 Å². The van der Waals surface area contributed by atoms with Crippen LogP contribution in [-0.2, 0) is 9.47 Å². The van der Waals surface area contributed by atoms with Crippen LogP contribution >= 0.6 is 0 Å². The molecule has 2 N–H and O–H groups in total. The smallest absolute Gasteiger partial charge is 0.414 e. The molecule has 0 saturated carbocycles. The molecule has 1 amide bonds. The Kier molecular flexibility index (Phi) is 5.09. The van der Waals surface area contributed by atoms with E-state index in [4.69, 9.17) is 9.47 Å². The summed E-state index contributed by atoms with van der Waals surface area (Å²) in [5, 5.41) is 2.56. The van der Waals surface area contributed by atoms with Gasteiger partial charge in [-0.3, -0.25) is 15.1 Å². The number of fused-ring (bicyclic) bond motifs is 2. The van der Waals surface area contributed by atoms with Gasteiger partial charge in [0.1, 0.15) is 13.2 Å². The summed E-state index contributed by atoms with van der Waals surface area (Å²) in [6.45, 7) is 2.58. The number of aryl methyl sites for hydroxylation is 1. The van der Waals surface area contributed by atoms with Crippen molar-refractivity contribution in [1.82, 2.24) is 9.97 Å². The van der Waals surface area contributed by atoms with Crippen molar-refractivity contribution in [2.24, 2.45) is 4.99 Å². The molecular formula is C21H20N4O4. The standard InChI is InChI=1S/C21H20N4O4/c1-12-4-3-5-14-17(26)11-22-19(18(12)14)13-6-7-15-16(10-13)24-20(23-15)25-21(27)29-9-8-28-2/h3-7,10H,8-9,11H2,1-2H3,(H2,23,24,25,27). The van der Waals surface area contributed by atoms with Crippen LogP contribution in [0.5, 0.6) is 0 Å². The fourth-order valence-electron chi connectivity index (χ4n) is 3.33. The van der Waals surface area contributed by atoms with Gasteiger partial charge in [-0.2, -0.15) is 0 Å². The van der Waals surface area contributed by atoms with Crippen LogP contribution < -0.4 is 5.32 Å². The first-order valence-corrected chi connectivity index (χ1v) is 9.17. The third-order valence-electron chi connectivity index (χ3n) is 4.69. The minimum Gasteiger partial charge on any atom is -0.447 e. The molecule has 8 nitrogen and oxygen atoms in total. The van der Waals surface area contributed by atoms with Gasteiger partial charge < -0.3 is 14.5 Å². The number of benzene rings is 2. The van der Waals surface area contributed by atoms with Gasteiger partial charge in [0.05, 0.1) is 23.4 Å². The summed E-state index contributed by atoms with van der Waals surface area (Å²) in [6, 6.07) is 11.4. The van der Waals surface area contributed by atoms with Crippen molar-refractivity contribution in [2.45, 2.75) is 6.92 Å². The first-order valence-electron chi connectivity index (χ1n) is 9.17. The molecule has 0 spiro atoms. The van der Waals surface area contributed by atoms with Gasteiger partial charge in [0.2, 0.25) is 5.95 Å². The molecule has 0 aliphatic carbocycles. The Labute approximate surface area is 167 Å². The predicted octanol–water partition coefficient (Wildman–Crippen LogP) is 3.10. The summed E-state index contributed by atoms with van der Waals surface area (Å²) in [5.41, 5.74) is 5.65. The van der Waals surface area contributed by atoms with E-state index in [9.17, 15) is 9.59 Å². The van der Waals surface area contributed by atoms with Crippen LogP contribution in [-0.4, -0.2) is 54.4 Å². The Balaban J connectivity index is 1.62. The maximum Gasteiger partial charge on any atom is 0.414 e. The zero-order chi connectivity index (χ0) is 20.4. The molecule has 1 aliphatic rings. The maximum atomic E-state index is 12.2. The van der Waals surface area contributed by atoms with Crippen molar-refractivity contribution in [1.29, 1.82) is 0 Å². The average molecular weight is 392 g/mol. The number of amides is 1. The number of nitrogens with zero attached hydrogens (tertiary/aromatic N) is 2. The molecule has 0 radical (unpaired) electrons. The first kappa shape index (κ1) is 18.8. The normalized spacial score (nSPS) is 13.2.